The molecule has 1 amide bonds. The maximum absolute atomic E-state index is 12.5. The van der Waals surface area contributed by atoms with Crippen molar-refractivity contribution in [2.75, 3.05) is 33.3 Å². The van der Waals surface area contributed by atoms with Crippen molar-refractivity contribution in [3.8, 4) is 5.75 Å². The topological polar surface area (TPSA) is 55.7 Å². The number of rotatable bonds is 7. The third kappa shape index (κ3) is 4.95. The average molecular weight is 411 g/mol. The fourth-order valence-corrected chi connectivity index (χ4v) is 5.22. The van der Waals surface area contributed by atoms with E-state index in [0.29, 0.717) is 19.0 Å². The van der Waals surface area contributed by atoms with Crippen LogP contribution >= 0.6 is 11.3 Å². The second kappa shape index (κ2) is 9.37. The molecule has 2 N–H and O–H groups in total. The van der Waals surface area contributed by atoms with Gasteiger partial charge in [-0.2, -0.15) is 0 Å². The Balaban J connectivity index is 1.28. The van der Waals surface area contributed by atoms with Crippen LogP contribution in [0, 0.1) is 0 Å². The second-order valence-corrected chi connectivity index (χ2v) is 8.71. The summed E-state index contributed by atoms with van der Waals surface area (Å²) in [6.07, 6.45) is 3.09. The lowest BCUT2D eigenvalue weighted by atomic mass is 9.99. The van der Waals surface area contributed by atoms with E-state index < -0.39 is 0 Å². The molecule has 4 rings (SSSR count). The molecule has 1 fully saturated rings. The Morgan fingerprint density at radius 1 is 1.24 bits per heavy atom. The second-order valence-electron chi connectivity index (χ2n) is 7.65. The van der Waals surface area contributed by atoms with Gasteiger partial charge in [-0.15, -0.1) is 11.3 Å². The summed E-state index contributed by atoms with van der Waals surface area (Å²) in [4.78, 5) is 18.7. The highest BCUT2D eigenvalue weighted by molar-refractivity contribution is 7.18. The number of ether oxygens (including phenoxy) is 1. The predicted molar refractivity (Wildman–Crippen MR) is 117 cm³/mol. The van der Waals surface area contributed by atoms with E-state index in [4.69, 9.17) is 9.72 Å². The Bertz CT molecular complexity index is 938. The average Bonchev–Trinajstić information content (AvgIpc) is 3.19. The number of quaternary nitrogens is 1. The zero-order valence-corrected chi connectivity index (χ0v) is 17.6. The molecule has 2 heterocycles. The van der Waals surface area contributed by atoms with Gasteiger partial charge in [-0.1, -0.05) is 30.3 Å². The Labute approximate surface area is 175 Å². The maximum Gasteiger partial charge on any atom is 0.275 e. The van der Waals surface area contributed by atoms with Crippen LogP contribution in [-0.4, -0.2) is 44.2 Å². The molecule has 5 nitrogen and oxygen atoms in total. The van der Waals surface area contributed by atoms with Gasteiger partial charge in [-0.3, -0.25) is 4.79 Å². The molecule has 2 aromatic carbocycles. The van der Waals surface area contributed by atoms with Gasteiger partial charge in [0.05, 0.1) is 36.3 Å². The first-order valence-electron chi connectivity index (χ1n) is 10.3. The van der Waals surface area contributed by atoms with Crippen LogP contribution in [0.3, 0.4) is 0 Å². The lowest BCUT2D eigenvalue weighted by Gasteiger charge is -2.28. The minimum Gasteiger partial charge on any atom is -0.496 e. The van der Waals surface area contributed by atoms with Crippen LogP contribution in [0.15, 0.2) is 48.5 Å². The first-order valence-corrected chi connectivity index (χ1v) is 11.1. The Hall–Kier alpha value is -2.44. The first kappa shape index (κ1) is 19.9. The van der Waals surface area contributed by atoms with Crippen LogP contribution < -0.4 is 15.0 Å². The van der Waals surface area contributed by atoms with Crippen molar-refractivity contribution in [3.63, 3.8) is 0 Å². The molecule has 29 heavy (non-hydrogen) atoms. The number of benzene rings is 2. The van der Waals surface area contributed by atoms with Crippen LogP contribution in [-0.2, 0) is 11.2 Å². The summed E-state index contributed by atoms with van der Waals surface area (Å²) in [5.74, 6) is 1.46. The van der Waals surface area contributed by atoms with Gasteiger partial charge in [-0.25, -0.2) is 4.98 Å². The molecule has 0 bridgehead atoms. The number of carbonyl (C=O) groups excluding carboxylic acids is 1. The van der Waals surface area contributed by atoms with E-state index in [2.05, 4.69) is 23.5 Å². The predicted octanol–water partition coefficient (Wildman–Crippen LogP) is 2.43. The quantitative estimate of drug-likeness (QED) is 0.629. The molecule has 0 radical (unpaired) electrons. The van der Waals surface area contributed by atoms with Crippen LogP contribution in [0.5, 0.6) is 5.75 Å². The molecule has 0 saturated carbocycles. The van der Waals surface area contributed by atoms with Gasteiger partial charge in [-0.05, 0) is 43.0 Å². The lowest BCUT2D eigenvalue weighted by molar-refractivity contribution is -0.898. The Kier molecular flexibility index (Phi) is 6.42. The third-order valence-electron chi connectivity index (χ3n) is 5.60. The number of fused-ring (bicyclic) bond motifs is 1. The molecule has 0 aliphatic carbocycles. The molecule has 1 aliphatic rings. The van der Waals surface area contributed by atoms with Crippen molar-refractivity contribution >= 4 is 27.5 Å². The first-order chi connectivity index (χ1) is 14.2. The zero-order valence-electron chi connectivity index (χ0n) is 16.8. The summed E-state index contributed by atoms with van der Waals surface area (Å²) >= 11 is 1.80. The number of aromatic nitrogens is 1. The molecule has 2 atom stereocenters. The summed E-state index contributed by atoms with van der Waals surface area (Å²) in [6, 6.07) is 16.3. The van der Waals surface area contributed by atoms with Crippen molar-refractivity contribution in [2.45, 2.75) is 25.2 Å². The highest BCUT2D eigenvalue weighted by Crippen LogP contribution is 2.30. The van der Waals surface area contributed by atoms with Gasteiger partial charge in [0.2, 0.25) is 0 Å². The molecule has 1 unspecified atom stereocenters. The highest BCUT2D eigenvalue weighted by Gasteiger charge is 2.28. The number of methoxy groups -OCH3 is 1. The SMILES string of the molecule is COc1ccccc1CCNC(=O)C[NH+]1CCC[C@@H](c2nc3ccccc3s2)C1. The monoisotopic (exact) mass is 410 g/mol. The van der Waals surface area contributed by atoms with Crippen LogP contribution in [0.2, 0.25) is 0 Å². The summed E-state index contributed by atoms with van der Waals surface area (Å²) in [5.41, 5.74) is 2.21. The zero-order chi connectivity index (χ0) is 20.1. The normalized spacial score (nSPS) is 19.2. The summed E-state index contributed by atoms with van der Waals surface area (Å²) in [6.45, 7) is 3.21. The van der Waals surface area contributed by atoms with Crippen molar-refractivity contribution in [3.05, 3.63) is 59.1 Å². The van der Waals surface area contributed by atoms with Crippen molar-refractivity contribution in [1.82, 2.24) is 10.3 Å². The van der Waals surface area contributed by atoms with Gasteiger partial charge in [0.25, 0.3) is 5.91 Å². The molecule has 152 valence electrons. The number of hydrogen-bond acceptors (Lipinski definition) is 4. The molecule has 0 spiro atoms. The number of thiazole rings is 1. The number of amides is 1. The van der Waals surface area contributed by atoms with Gasteiger partial charge in [0.1, 0.15) is 10.8 Å². The number of nitrogens with zero attached hydrogens (tertiary/aromatic N) is 1. The van der Waals surface area contributed by atoms with Gasteiger partial charge in [0.15, 0.2) is 6.54 Å². The van der Waals surface area contributed by atoms with Crippen molar-refractivity contribution < 1.29 is 14.4 Å². The Morgan fingerprint density at radius 2 is 2.07 bits per heavy atom. The fourth-order valence-electron chi connectivity index (χ4n) is 4.12. The van der Waals surface area contributed by atoms with E-state index >= 15 is 0 Å². The van der Waals surface area contributed by atoms with E-state index in [1.54, 1.807) is 18.4 Å². The van der Waals surface area contributed by atoms with Gasteiger partial charge < -0.3 is 15.0 Å². The number of hydrogen-bond donors (Lipinski definition) is 2. The minimum atomic E-state index is 0.125. The van der Waals surface area contributed by atoms with Gasteiger partial charge in [0, 0.05) is 6.54 Å². The molecule has 1 aliphatic heterocycles. The summed E-state index contributed by atoms with van der Waals surface area (Å²) < 4.78 is 6.63. The highest BCUT2D eigenvalue weighted by atomic mass is 32.1. The molecular formula is C23H28N3O2S+. The van der Waals surface area contributed by atoms with Crippen LogP contribution in [0.25, 0.3) is 10.2 Å². The minimum absolute atomic E-state index is 0.125. The van der Waals surface area contributed by atoms with Crippen LogP contribution in [0.4, 0.5) is 0 Å². The molecule has 1 saturated heterocycles. The van der Waals surface area contributed by atoms with E-state index in [0.717, 1.165) is 42.8 Å². The standard InChI is InChI=1S/C23H27N3O2S/c1-28-20-10-4-2-7-17(20)12-13-24-22(27)16-26-14-6-8-18(15-26)23-25-19-9-3-5-11-21(19)29-23/h2-5,7,9-11,18H,6,8,12-16H2,1H3,(H,24,27)/p+1/t18-/m1/s1. The van der Waals surface area contributed by atoms with Gasteiger partial charge >= 0.3 is 0 Å². The summed E-state index contributed by atoms with van der Waals surface area (Å²) in [5, 5.41) is 4.30. The van der Waals surface area contributed by atoms with Crippen molar-refractivity contribution in [2.24, 2.45) is 0 Å². The number of para-hydroxylation sites is 2. The smallest absolute Gasteiger partial charge is 0.275 e. The molecule has 1 aromatic heterocycles. The molecular weight excluding hydrogens is 382 g/mol. The number of piperidine rings is 1. The van der Waals surface area contributed by atoms with E-state index in [1.807, 2.05) is 30.3 Å². The van der Waals surface area contributed by atoms with Crippen molar-refractivity contribution in [1.29, 1.82) is 0 Å². The lowest BCUT2D eigenvalue weighted by Crippen LogP contribution is -3.14. The Morgan fingerprint density at radius 3 is 2.93 bits per heavy atom. The number of likely N-dealkylation sites (tertiary alicyclic amines) is 1. The van der Waals surface area contributed by atoms with E-state index in [-0.39, 0.29) is 5.91 Å². The number of carbonyl (C=O) groups is 1. The number of nitrogens with one attached hydrogen (secondary N) is 2. The third-order valence-corrected chi connectivity index (χ3v) is 6.80. The molecule has 3 aromatic rings. The summed E-state index contributed by atoms with van der Waals surface area (Å²) in [7, 11) is 1.68. The largest absolute Gasteiger partial charge is 0.496 e. The fraction of sp³-hybridized carbons (Fsp3) is 0.391. The van der Waals surface area contributed by atoms with E-state index in [1.165, 1.54) is 21.0 Å². The molecule has 6 heteroatoms. The maximum atomic E-state index is 12.5. The van der Waals surface area contributed by atoms with Crippen LogP contribution in [0.1, 0.15) is 29.3 Å². The van der Waals surface area contributed by atoms with E-state index in [9.17, 15) is 4.79 Å².